The third-order valence-electron chi connectivity index (χ3n) is 2.35. The molecule has 8 heteroatoms. The minimum atomic E-state index is -4.86. The molecule has 0 aromatic heterocycles. The van der Waals surface area contributed by atoms with E-state index in [4.69, 9.17) is 9.47 Å². The summed E-state index contributed by atoms with van der Waals surface area (Å²) in [5.41, 5.74) is -1.50. The Morgan fingerprint density at radius 1 is 1.37 bits per heavy atom. The average molecular weight is 280 g/mol. The van der Waals surface area contributed by atoms with Crippen LogP contribution in [-0.4, -0.2) is 25.5 Å². The van der Waals surface area contributed by atoms with Crippen molar-refractivity contribution in [2.75, 3.05) is 13.4 Å². The predicted octanol–water partition coefficient (Wildman–Crippen LogP) is 2.12. The smallest absolute Gasteiger partial charge is 0.419 e. The second-order valence-corrected chi connectivity index (χ2v) is 3.70. The first-order chi connectivity index (χ1) is 8.88. The summed E-state index contributed by atoms with van der Waals surface area (Å²) in [4.78, 5) is 11.5. The van der Waals surface area contributed by atoms with Crippen LogP contribution in [0.4, 0.5) is 17.6 Å². The lowest BCUT2D eigenvalue weighted by molar-refractivity contribution is -0.145. The van der Waals surface area contributed by atoms with E-state index >= 15 is 0 Å². The normalized spacial score (nSPS) is 19.5. The topological polar surface area (TPSA) is 44.8 Å². The fourth-order valence-electron chi connectivity index (χ4n) is 1.44. The molecule has 1 aliphatic rings. The molecule has 0 amide bonds. The van der Waals surface area contributed by atoms with Crippen LogP contribution in [0.25, 0.3) is 0 Å². The minimum Gasteiger partial charge on any atom is -0.425 e. The van der Waals surface area contributed by atoms with Crippen LogP contribution < -0.4 is 4.74 Å². The molecule has 0 spiro atoms. The van der Waals surface area contributed by atoms with Gasteiger partial charge in [-0.2, -0.15) is 13.2 Å². The number of alkyl halides is 3. The average Bonchev–Trinajstić information content (AvgIpc) is 2.83. The summed E-state index contributed by atoms with van der Waals surface area (Å²) in [6.45, 7) is -0.122. The summed E-state index contributed by atoms with van der Waals surface area (Å²) in [6.07, 6.45) is -5.85. The maximum Gasteiger partial charge on any atom is 0.419 e. The number of ether oxygens (including phenoxy) is 3. The molecule has 104 valence electrons. The van der Waals surface area contributed by atoms with Gasteiger partial charge in [0, 0.05) is 0 Å². The number of esters is 1. The highest BCUT2D eigenvalue weighted by atomic mass is 19.4. The van der Waals surface area contributed by atoms with Gasteiger partial charge >= 0.3 is 12.1 Å². The maximum absolute atomic E-state index is 13.0. The molecule has 4 nitrogen and oxygen atoms in total. The van der Waals surface area contributed by atoms with Crippen molar-refractivity contribution in [2.45, 2.75) is 12.3 Å². The lowest BCUT2D eigenvalue weighted by atomic mass is 10.2. The molecule has 0 saturated carbocycles. The van der Waals surface area contributed by atoms with E-state index < -0.39 is 35.4 Å². The summed E-state index contributed by atoms with van der Waals surface area (Å²) in [7, 11) is 0. The van der Waals surface area contributed by atoms with Crippen molar-refractivity contribution in [3.8, 4) is 5.75 Å². The summed E-state index contributed by atoms with van der Waals surface area (Å²) in [5.74, 6) is -2.74. The highest BCUT2D eigenvalue weighted by Crippen LogP contribution is 2.33. The standard InChI is InChI=1S/C11H8F4O4/c12-8-2-1-6(3-7(8)11(13,14)15)19-10(16)9-4-17-5-18-9/h1-3,9H,4-5H2. The first-order valence-electron chi connectivity index (χ1n) is 5.15. The number of halogens is 4. The molecule has 1 heterocycles. The molecular weight excluding hydrogens is 272 g/mol. The van der Waals surface area contributed by atoms with E-state index in [9.17, 15) is 22.4 Å². The molecule has 1 aromatic carbocycles. The first-order valence-corrected chi connectivity index (χ1v) is 5.15. The Labute approximate surface area is 104 Å². The maximum atomic E-state index is 13.0. The van der Waals surface area contributed by atoms with Gasteiger partial charge in [0.2, 0.25) is 0 Å². The summed E-state index contributed by atoms with van der Waals surface area (Å²) in [6, 6.07) is 1.93. The van der Waals surface area contributed by atoms with Crippen LogP contribution in [0.3, 0.4) is 0 Å². The number of rotatable bonds is 2. The highest BCUT2D eigenvalue weighted by Gasteiger charge is 2.35. The van der Waals surface area contributed by atoms with Crippen LogP contribution in [0.2, 0.25) is 0 Å². The molecule has 0 bridgehead atoms. The highest BCUT2D eigenvalue weighted by molar-refractivity contribution is 5.77. The number of hydrogen-bond acceptors (Lipinski definition) is 4. The van der Waals surface area contributed by atoms with Gasteiger partial charge in [0.25, 0.3) is 0 Å². The zero-order valence-electron chi connectivity index (χ0n) is 9.37. The first kappa shape index (κ1) is 13.8. The monoisotopic (exact) mass is 280 g/mol. The molecule has 0 aliphatic carbocycles. The Bertz CT molecular complexity index is 480. The molecule has 1 saturated heterocycles. The van der Waals surface area contributed by atoms with Gasteiger partial charge < -0.3 is 14.2 Å². The lowest BCUT2D eigenvalue weighted by Crippen LogP contribution is -2.27. The Morgan fingerprint density at radius 3 is 2.68 bits per heavy atom. The minimum absolute atomic E-state index is 0.0356. The van der Waals surface area contributed by atoms with Crippen molar-refractivity contribution < 1.29 is 36.6 Å². The van der Waals surface area contributed by atoms with Crippen LogP contribution in [-0.2, 0) is 20.4 Å². The van der Waals surface area contributed by atoms with Crippen molar-refractivity contribution in [3.05, 3.63) is 29.6 Å². The van der Waals surface area contributed by atoms with E-state index in [0.717, 1.165) is 6.07 Å². The zero-order valence-corrected chi connectivity index (χ0v) is 9.37. The molecule has 1 fully saturated rings. The summed E-state index contributed by atoms with van der Waals surface area (Å²) in [5, 5.41) is 0. The lowest BCUT2D eigenvalue weighted by Gasteiger charge is -2.11. The Balaban J connectivity index is 2.15. The third-order valence-corrected chi connectivity index (χ3v) is 2.35. The summed E-state index contributed by atoms with van der Waals surface area (Å²) < 4.78 is 64.6. The van der Waals surface area contributed by atoms with E-state index in [1.165, 1.54) is 0 Å². The van der Waals surface area contributed by atoms with Crippen molar-refractivity contribution in [1.82, 2.24) is 0 Å². The van der Waals surface area contributed by atoms with Gasteiger partial charge in [0.15, 0.2) is 6.10 Å². The molecule has 1 aliphatic heterocycles. The zero-order chi connectivity index (χ0) is 14.0. The van der Waals surface area contributed by atoms with Gasteiger partial charge in [-0.1, -0.05) is 0 Å². The van der Waals surface area contributed by atoms with Gasteiger partial charge in [0.05, 0.1) is 12.2 Å². The van der Waals surface area contributed by atoms with Crippen molar-refractivity contribution in [1.29, 1.82) is 0 Å². The summed E-state index contributed by atoms with van der Waals surface area (Å²) >= 11 is 0. The van der Waals surface area contributed by atoms with Crippen LogP contribution in [0.1, 0.15) is 5.56 Å². The number of carbonyl (C=O) groups excluding carboxylic acids is 1. The molecule has 0 N–H and O–H groups in total. The molecule has 0 radical (unpaired) electrons. The van der Waals surface area contributed by atoms with Gasteiger partial charge in [-0.05, 0) is 18.2 Å². The van der Waals surface area contributed by atoms with Crippen LogP contribution in [0.15, 0.2) is 18.2 Å². The van der Waals surface area contributed by atoms with E-state index in [2.05, 4.69) is 4.74 Å². The van der Waals surface area contributed by atoms with Crippen LogP contribution >= 0.6 is 0 Å². The second-order valence-electron chi connectivity index (χ2n) is 3.70. The van der Waals surface area contributed by atoms with E-state index in [1.807, 2.05) is 0 Å². The molecule has 1 atom stereocenters. The molecule has 2 rings (SSSR count). The fraction of sp³-hybridized carbons (Fsp3) is 0.364. The molecule has 1 unspecified atom stereocenters. The predicted molar refractivity (Wildman–Crippen MR) is 52.7 cm³/mol. The van der Waals surface area contributed by atoms with Crippen molar-refractivity contribution in [3.63, 3.8) is 0 Å². The Morgan fingerprint density at radius 2 is 2.11 bits per heavy atom. The van der Waals surface area contributed by atoms with E-state index in [1.54, 1.807) is 0 Å². The van der Waals surface area contributed by atoms with Gasteiger partial charge in [-0.25, -0.2) is 9.18 Å². The molecule has 1 aromatic rings. The van der Waals surface area contributed by atoms with Crippen LogP contribution in [0.5, 0.6) is 5.75 Å². The third kappa shape index (κ3) is 3.21. The van der Waals surface area contributed by atoms with Crippen molar-refractivity contribution in [2.24, 2.45) is 0 Å². The SMILES string of the molecule is O=C(Oc1ccc(F)c(C(F)(F)F)c1)C1COCO1. The number of benzene rings is 1. The van der Waals surface area contributed by atoms with Gasteiger partial charge in [0.1, 0.15) is 18.4 Å². The number of hydrogen-bond donors (Lipinski definition) is 0. The van der Waals surface area contributed by atoms with Crippen LogP contribution in [0, 0.1) is 5.82 Å². The van der Waals surface area contributed by atoms with E-state index in [-0.39, 0.29) is 13.4 Å². The fourth-order valence-corrected chi connectivity index (χ4v) is 1.44. The van der Waals surface area contributed by atoms with Gasteiger partial charge in [-0.3, -0.25) is 0 Å². The molecular formula is C11H8F4O4. The largest absolute Gasteiger partial charge is 0.425 e. The molecule has 19 heavy (non-hydrogen) atoms. The van der Waals surface area contributed by atoms with E-state index in [0.29, 0.717) is 12.1 Å². The van der Waals surface area contributed by atoms with Gasteiger partial charge in [-0.15, -0.1) is 0 Å². The second kappa shape index (κ2) is 5.14. The number of carbonyl (C=O) groups is 1. The Hall–Kier alpha value is -1.67. The quantitative estimate of drug-likeness (QED) is 0.473. The van der Waals surface area contributed by atoms with Crippen molar-refractivity contribution >= 4 is 5.97 Å². The Kier molecular flexibility index (Phi) is 3.72.